The topological polar surface area (TPSA) is 278 Å². The normalized spacial score (nSPS) is 14.8. The number of halogens is 7. The number of carbonyl (C=O) groups is 5. The molecule has 76 heavy (non-hydrogen) atoms. The zero-order valence-electron chi connectivity index (χ0n) is 42.1. The van der Waals surface area contributed by atoms with Gasteiger partial charge in [-0.3, -0.25) is 34.0 Å². The molecule has 4 N–H and O–H groups in total. The number of amides is 2. The number of ether oxygens (including phenoxy) is 5. The molecule has 0 saturated carbocycles. The van der Waals surface area contributed by atoms with E-state index in [0.717, 1.165) is 60.0 Å². The van der Waals surface area contributed by atoms with Gasteiger partial charge in [0.15, 0.2) is 18.8 Å². The molecule has 0 spiro atoms. The predicted molar refractivity (Wildman–Crippen MR) is 276 cm³/mol. The Balaban J connectivity index is 0.000000370. The Hall–Kier alpha value is -5.49. The average molecular weight is 1180 g/mol. The highest BCUT2D eigenvalue weighted by molar-refractivity contribution is 7.57. The number of alkyl halides is 6. The van der Waals surface area contributed by atoms with Gasteiger partial charge in [0, 0.05) is 32.1 Å². The number of anilines is 1. The lowest BCUT2D eigenvalue weighted by Crippen LogP contribution is -2.45. The van der Waals surface area contributed by atoms with E-state index in [1.54, 1.807) is 38.2 Å². The number of aliphatic carboxylic acids is 1. The fourth-order valence-corrected chi connectivity index (χ4v) is 8.01. The first-order valence-electron chi connectivity index (χ1n) is 22.7. The molecule has 3 aromatic carbocycles. The predicted octanol–water partition coefficient (Wildman–Crippen LogP) is 10.2. The van der Waals surface area contributed by atoms with Crippen molar-refractivity contribution >= 4 is 94.9 Å². The first-order chi connectivity index (χ1) is 35.5. The molecule has 2 heterocycles. The van der Waals surface area contributed by atoms with E-state index in [1.165, 1.54) is 18.5 Å². The smallest absolute Gasteiger partial charge is 0.416 e. The number of carbonyl (C=O) groups excluding carboxylic acids is 4. The number of benzene rings is 3. The second-order valence-electron chi connectivity index (χ2n) is 16.4. The summed E-state index contributed by atoms with van der Waals surface area (Å²) in [6.45, 7) is 10.4. The van der Waals surface area contributed by atoms with Gasteiger partial charge in [0.05, 0.1) is 40.6 Å². The second kappa shape index (κ2) is 31.0. The molecule has 0 aliphatic carbocycles. The second-order valence-corrected chi connectivity index (χ2v) is 20.7. The van der Waals surface area contributed by atoms with Crippen LogP contribution in [0.15, 0.2) is 77.4 Å². The number of furan rings is 1. The van der Waals surface area contributed by atoms with E-state index < -0.39 is 76.4 Å². The Bertz CT molecular complexity index is 2620. The van der Waals surface area contributed by atoms with Crippen LogP contribution in [0.1, 0.15) is 80.0 Å². The third-order valence-electron chi connectivity index (χ3n) is 10.3. The Kier molecular flexibility index (Phi) is 27.2. The van der Waals surface area contributed by atoms with Gasteiger partial charge in [0.2, 0.25) is 5.91 Å². The van der Waals surface area contributed by atoms with E-state index in [-0.39, 0.29) is 66.2 Å². The van der Waals surface area contributed by atoms with Gasteiger partial charge in [0.1, 0.15) is 53.3 Å². The molecule has 3 atom stereocenters. The third kappa shape index (κ3) is 21.1. The number of aryl methyl sites for hydroxylation is 2. The van der Waals surface area contributed by atoms with Crippen molar-refractivity contribution in [1.29, 1.82) is 0 Å². The summed E-state index contributed by atoms with van der Waals surface area (Å²) in [6.07, 6.45) is -1.57. The minimum absolute atomic E-state index is 0.0371. The monoisotopic (exact) mass is 1170 g/mol. The summed E-state index contributed by atoms with van der Waals surface area (Å²) in [5.74, 6) is -3.33. The minimum atomic E-state index is -4.61. The summed E-state index contributed by atoms with van der Waals surface area (Å²) in [6, 6.07) is 14.0. The van der Waals surface area contributed by atoms with E-state index in [2.05, 4.69) is 18.6 Å². The van der Waals surface area contributed by atoms with E-state index >= 15 is 0 Å². The van der Waals surface area contributed by atoms with Gasteiger partial charge in [0.25, 0.3) is 11.6 Å². The zero-order valence-corrected chi connectivity index (χ0v) is 46.1. The number of nitrogens with two attached hydrogens (primary N) is 1. The van der Waals surface area contributed by atoms with Gasteiger partial charge in [-0.2, -0.15) is 13.2 Å². The van der Waals surface area contributed by atoms with Crippen LogP contribution in [0.25, 0.3) is 0 Å². The Morgan fingerprint density at radius 1 is 1.01 bits per heavy atom. The maximum absolute atomic E-state index is 12.7. The molecular formula is C48H58Cl4F3N4O16P. The molecule has 420 valence electrons. The number of nitro benzene ring substituents is 1. The molecule has 20 nitrogen and oxygen atoms in total. The lowest BCUT2D eigenvalue weighted by molar-refractivity contribution is -0.385. The zero-order chi connectivity index (χ0) is 57.7. The summed E-state index contributed by atoms with van der Waals surface area (Å²) >= 11 is 22.7. The average Bonchev–Trinajstić information content (AvgIpc) is 4.01. The first-order valence-corrected chi connectivity index (χ1v) is 26.7. The number of rotatable bonds is 19. The lowest BCUT2D eigenvalue weighted by atomic mass is 10.0. The maximum atomic E-state index is 12.7. The fourth-order valence-electron chi connectivity index (χ4n) is 6.65. The van der Waals surface area contributed by atoms with E-state index in [0.29, 0.717) is 18.4 Å². The summed E-state index contributed by atoms with van der Waals surface area (Å²) in [4.78, 5) is 78.5. The summed E-state index contributed by atoms with van der Waals surface area (Å²) < 4.78 is 79.6. The number of para-hydroxylation sites is 1. The molecule has 0 radical (unpaired) electrons. The van der Waals surface area contributed by atoms with E-state index in [1.807, 2.05) is 24.3 Å². The number of esters is 2. The number of hydrogen-bond acceptors (Lipinski definition) is 15. The van der Waals surface area contributed by atoms with Gasteiger partial charge < -0.3 is 48.7 Å². The Labute approximate surface area is 455 Å². The molecular weight excluding hydrogens is 1120 g/mol. The number of nitro groups is 1. The van der Waals surface area contributed by atoms with Crippen molar-refractivity contribution in [3.8, 4) is 11.5 Å². The summed E-state index contributed by atoms with van der Waals surface area (Å²) in [7, 11) is -1.52. The van der Waals surface area contributed by atoms with E-state index in [9.17, 15) is 51.8 Å². The lowest BCUT2D eigenvalue weighted by Gasteiger charge is -2.29. The number of nitrogens with zero attached hydrogens (tertiary/aromatic N) is 3. The van der Waals surface area contributed by atoms with Crippen molar-refractivity contribution in [3.63, 3.8) is 0 Å². The number of hydrogen-bond donors (Lipinski definition) is 3. The molecule has 0 bridgehead atoms. The van der Waals surface area contributed by atoms with Crippen LogP contribution in [0.2, 0.25) is 5.02 Å². The molecule has 1 aliphatic heterocycles. The van der Waals surface area contributed by atoms with Crippen molar-refractivity contribution in [2.24, 2.45) is 5.73 Å². The maximum Gasteiger partial charge on any atom is 0.416 e. The number of carboxylic acid groups (broad SMARTS) is 1. The highest BCUT2D eigenvalue weighted by Gasteiger charge is 2.45. The van der Waals surface area contributed by atoms with Crippen molar-refractivity contribution < 1.29 is 84.7 Å². The van der Waals surface area contributed by atoms with Crippen LogP contribution < -0.4 is 15.4 Å². The Morgan fingerprint density at radius 2 is 1.64 bits per heavy atom. The van der Waals surface area contributed by atoms with Crippen LogP contribution in [-0.4, -0.2) is 118 Å². The van der Waals surface area contributed by atoms with Crippen LogP contribution in [0.5, 0.6) is 11.5 Å². The standard InChI is InChI=1S/C18H13ClF3NO7.C14H20ClNO2.C11H13Cl2NO3.C5H12NO4P/c1-2-28-16(24)9-29-17(25)12-8-11(4-5-14(12)23(26)27)30-15-6-3-10(7-13(15)19)18(20,21)22;1-4-11-7-6-8-12(5-2)14(11)16(10-18-3)13(17)9-15;1-11(2)14(10(15)9(12)13)6-8(17-11)7-4-3-5-16-7;1-11(9,10)3-2-4(6)5(7)8/h3-8H,2,9H2,1H3;6-8H,4-5,9-10H2,1-3H3;3-5,8-9H,6H2,1-2H3;4H,2-3,6H2,1H3,(H,7,8)(H,9,10). The van der Waals surface area contributed by atoms with Crippen LogP contribution in [0.3, 0.4) is 0 Å². The SMILES string of the molecule is CC1(C)OC(c2ccco2)CN1C(=O)C(Cl)Cl.CCOC(=O)COC(=O)c1cc(Oc2ccc(C(F)(F)F)cc2Cl)ccc1[N+](=O)[O-].CCc1cccc(CC)c1N(COC)C(=O)CCl.CP(=O)(O)CCC(N)C(=O)O. The first kappa shape index (κ1) is 66.6. The highest BCUT2D eigenvalue weighted by atomic mass is 35.5. The largest absolute Gasteiger partial charge is 0.480 e. The van der Waals surface area contributed by atoms with Crippen LogP contribution in [0, 0.1) is 10.1 Å². The van der Waals surface area contributed by atoms with Gasteiger partial charge in [-0.1, -0.05) is 66.8 Å². The molecule has 1 aromatic heterocycles. The molecule has 28 heteroatoms. The van der Waals surface area contributed by atoms with E-state index in [4.69, 9.17) is 85.5 Å². The van der Waals surface area contributed by atoms with Crippen molar-refractivity contribution in [2.75, 3.05) is 57.2 Å². The molecule has 5 rings (SSSR count). The minimum Gasteiger partial charge on any atom is -0.480 e. The summed E-state index contributed by atoms with van der Waals surface area (Å²) in [5.41, 5.74) is 5.43. The van der Waals surface area contributed by atoms with Gasteiger partial charge in [-0.25, -0.2) is 9.59 Å². The van der Waals surface area contributed by atoms with Crippen LogP contribution in [-0.2, 0) is 61.7 Å². The van der Waals surface area contributed by atoms with Crippen molar-refractivity contribution in [1.82, 2.24) is 4.90 Å². The van der Waals surface area contributed by atoms with Crippen molar-refractivity contribution in [3.05, 3.63) is 116 Å². The number of methoxy groups -OCH3 is 1. The third-order valence-corrected chi connectivity index (χ3v) is 12.3. The molecule has 1 saturated heterocycles. The Morgan fingerprint density at radius 3 is 2.12 bits per heavy atom. The molecule has 1 aliphatic rings. The molecule has 4 aromatic rings. The van der Waals surface area contributed by atoms with Crippen LogP contribution in [0.4, 0.5) is 24.5 Å². The van der Waals surface area contributed by atoms with Crippen LogP contribution >= 0.6 is 53.8 Å². The molecule has 3 unspecified atom stereocenters. The van der Waals surface area contributed by atoms with Crippen molar-refractivity contribution in [2.45, 2.75) is 82.8 Å². The quantitative estimate of drug-likeness (QED) is 0.0197. The van der Waals surface area contributed by atoms with Gasteiger partial charge in [-0.05, 0) is 87.6 Å². The van der Waals surface area contributed by atoms with Gasteiger partial charge >= 0.3 is 24.1 Å². The summed E-state index contributed by atoms with van der Waals surface area (Å²) in [5, 5.41) is 19.1. The van der Waals surface area contributed by atoms with Gasteiger partial charge in [-0.15, -0.1) is 11.6 Å². The molecule has 1 fully saturated rings. The number of carboxylic acids is 1. The highest BCUT2D eigenvalue weighted by Crippen LogP contribution is 2.39. The fraction of sp³-hybridized carbons (Fsp3) is 0.438. The molecule has 2 amide bonds.